The Balaban J connectivity index is 2.31. The van der Waals surface area contributed by atoms with E-state index in [2.05, 4.69) is 55.2 Å². The monoisotopic (exact) mass is 211 g/mol. The van der Waals surface area contributed by atoms with Gasteiger partial charge in [0.25, 0.3) is 0 Å². The fourth-order valence-electron chi connectivity index (χ4n) is 1.88. The molecule has 0 N–H and O–H groups in total. The van der Waals surface area contributed by atoms with E-state index in [0.29, 0.717) is 5.92 Å². The Morgan fingerprint density at radius 1 is 0.938 bits per heavy atom. The van der Waals surface area contributed by atoms with E-state index in [1.54, 1.807) is 0 Å². The normalized spacial score (nSPS) is 12.4. The summed E-state index contributed by atoms with van der Waals surface area (Å²) in [5.41, 5.74) is 5.07. The van der Waals surface area contributed by atoms with Gasteiger partial charge in [-0.2, -0.15) is 0 Å². The highest BCUT2D eigenvalue weighted by molar-refractivity contribution is 5.33. The minimum atomic E-state index is 0.433. The third-order valence-corrected chi connectivity index (χ3v) is 3.00. The van der Waals surface area contributed by atoms with E-state index >= 15 is 0 Å². The van der Waals surface area contributed by atoms with Gasteiger partial charge in [-0.05, 0) is 37.1 Å². The van der Waals surface area contributed by atoms with E-state index in [-0.39, 0.29) is 0 Å². The van der Waals surface area contributed by atoms with Gasteiger partial charge in [-0.3, -0.25) is 4.98 Å². The van der Waals surface area contributed by atoms with E-state index in [0.717, 1.165) is 5.69 Å². The first-order valence-corrected chi connectivity index (χ1v) is 5.66. The van der Waals surface area contributed by atoms with Crippen molar-refractivity contribution in [3.8, 4) is 0 Å². The summed E-state index contributed by atoms with van der Waals surface area (Å²) in [4.78, 5) is 4.23. The molecule has 0 aliphatic rings. The van der Waals surface area contributed by atoms with Gasteiger partial charge in [0.15, 0.2) is 0 Å². The molecule has 0 saturated heterocycles. The van der Waals surface area contributed by atoms with Gasteiger partial charge in [0.05, 0.1) is 0 Å². The molecule has 0 aliphatic carbocycles. The van der Waals surface area contributed by atoms with Crippen molar-refractivity contribution in [2.75, 3.05) is 0 Å². The van der Waals surface area contributed by atoms with Crippen LogP contribution in [-0.2, 0) is 0 Å². The Labute approximate surface area is 97.2 Å². The lowest BCUT2D eigenvalue weighted by molar-refractivity contribution is 0.911. The number of hydrogen-bond donors (Lipinski definition) is 0. The Morgan fingerprint density at radius 3 is 2.25 bits per heavy atom. The molecule has 1 aromatic heterocycles. The number of rotatable bonds is 2. The summed E-state index contributed by atoms with van der Waals surface area (Å²) in [6.07, 6.45) is 1.88. The Morgan fingerprint density at radius 2 is 1.62 bits per heavy atom. The second-order valence-corrected chi connectivity index (χ2v) is 4.36. The fourth-order valence-corrected chi connectivity index (χ4v) is 1.88. The van der Waals surface area contributed by atoms with Gasteiger partial charge in [0, 0.05) is 17.8 Å². The number of benzene rings is 1. The van der Waals surface area contributed by atoms with E-state index in [9.17, 15) is 0 Å². The first-order chi connectivity index (χ1) is 7.66. The zero-order valence-corrected chi connectivity index (χ0v) is 10.1. The van der Waals surface area contributed by atoms with Gasteiger partial charge in [-0.15, -0.1) is 0 Å². The molecule has 2 rings (SSSR count). The number of hydrogen-bond acceptors (Lipinski definition) is 1. The van der Waals surface area contributed by atoms with Crippen LogP contribution in [0.5, 0.6) is 0 Å². The Hall–Kier alpha value is -1.63. The van der Waals surface area contributed by atoms with Crippen LogP contribution in [0, 0.1) is 13.8 Å². The summed E-state index contributed by atoms with van der Waals surface area (Å²) < 4.78 is 0. The molecule has 0 fully saturated rings. The molecular weight excluding hydrogens is 194 g/mol. The summed E-state index contributed by atoms with van der Waals surface area (Å²) in [5, 5.41) is 0. The highest BCUT2D eigenvalue weighted by atomic mass is 14.6. The molecule has 1 heterocycles. The minimum Gasteiger partial charge on any atom is -0.262 e. The highest BCUT2D eigenvalue weighted by Gasteiger charge is 2.07. The molecule has 1 aromatic carbocycles. The number of pyridine rings is 1. The molecule has 0 saturated carbocycles. The smallest absolute Gasteiger partial charge is 0.0375 e. The third kappa shape index (κ3) is 2.30. The summed E-state index contributed by atoms with van der Waals surface area (Å²) >= 11 is 0. The topological polar surface area (TPSA) is 12.9 Å². The van der Waals surface area contributed by atoms with Crippen molar-refractivity contribution >= 4 is 0 Å². The van der Waals surface area contributed by atoms with Crippen LogP contribution < -0.4 is 0 Å². The van der Waals surface area contributed by atoms with Crippen molar-refractivity contribution in [2.45, 2.75) is 26.7 Å². The van der Waals surface area contributed by atoms with Crippen LogP contribution >= 0.6 is 0 Å². The van der Waals surface area contributed by atoms with Crippen molar-refractivity contribution in [3.63, 3.8) is 0 Å². The van der Waals surface area contributed by atoms with Gasteiger partial charge in [0.1, 0.15) is 0 Å². The number of aryl methyl sites for hydroxylation is 2. The summed E-state index contributed by atoms with van der Waals surface area (Å²) in [6, 6.07) is 13.0. The van der Waals surface area contributed by atoms with Crippen molar-refractivity contribution in [3.05, 3.63) is 65.0 Å². The molecule has 2 aromatic rings. The molecule has 1 heteroatoms. The van der Waals surface area contributed by atoms with Crippen LogP contribution in [0.3, 0.4) is 0 Å². The standard InChI is InChI=1S/C15H17N/c1-11-4-6-14(7-5-11)13(3)15-8-9-16-12(2)10-15/h4-10,13H,1-3H3. The third-order valence-electron chi connectivity index (χ3n) is 3.00. The largest absolute Gasteiger partial charge is 0.262 e. The molecule has 0 spiro atoms. The lowest BCUT2D eigenvalue weighted by atomic mass is 9.93. The summed E-state index contributed by atoms with van der Waals surface area (Å²) in [6.45, 7) is 6.38. The molecule has 0 bridgehead atoms. The summed E-state index contributed by atoms with van der Waals surface area (Å²) in [7, 11) is 0. The maximum Gasteiger partial charge on any atom is 0.0375 e. The van der Waals surface area contributed by atoms with Crippen molar-refractivity contribution < 1.29 is 0 Å². The quantitative estimate of drug-likeness (QED) is 0.735. The van der Waals surface area contributed by atoms with E-state index in [4.69, 9.17) is 0 Å². The maximum absolute atomic E-state index is 4.23. The van der Waals surface area contributed by atoms with Gasteiger partial charge in [0.2, 0.25) is 0 Å². The average Bonchev–Trinajstić information content (AvgIpc) is 2.29. The molecule has 0 radical (unpaired) electrons. The van der Waals surface area contributed by atoms with E-state index in [1.165, 1.54) is 16.7 Å². The maximum atomic E-state index is 4.23. The van der Waals surface area contributed by atoms with Crippen LogP contribution in [0.2, 0.25) is 0 Å². The molecule has 1 atom stereocenters. The number of aromatic nitrogens is 1. The molecule has 16 heavy (non-hydrogen) atoms. The lowest BCUT2D eigenvalue weighted by Gasteiger charge is -2.13. The molecular formula is C15H17N. The molecule has 0 amide bonds. The summed E-state index contributed by atoms with van der Waals surface area (Å²) in [5.74, 6) is 0.433. The van der Waals surface area contributed by atoms with Gasteiger partial charge in [-0.25, -0.2) is 0 Å². The van der Waals surface area contributed by atoms with E-state index < -0.39 is 0 Å². The second-order valence-electron chi connectivity index (χ2n) is 4.36. The number of nitrogens with zero attached hydrogens (tertiary/aromatic N) is 1. The first kappa shape index (κ1) is 10.9. The minimum absolute atomic E-state index is 0.433. The van der Waals surface area contributed by atoms with Crippen LogP contribution in [0.4, 0.5) is 0 Å². The fraction of sp³-hybridized carbons (Fsp3) is 0.267. The zero-order valence-electron chi connectivity index (χ0n) is 10.1. The van der Waals surface area contributed by atoms with Gasteiger partial charge in [-0.1, -0.05) is 36.8 Å². The average molecular weight is 211 g/mol. The Kier molecular flexibility index (Phi) is 3.04. The van der Waals surface area contributed by atoms with Gasteiger partial charge >= 0.3 is 0 Å². The lowest BCUT2D eigenvalue weighted by Crippen LogP contribution is -1.97. The molecule has 1 unspecified atom stereocenters. The second kappa shape index (κ2) is 4.48. The SMILES string of the molecule is Cc1ccc(C(C)c2ccnc(C)c2)cc1. The highest BCUT2D eigenvalue weighted by Crippen LogP contribution is 2.24. The molecule has 1 nitrogen and oxygen atoms in total. The zero-order chi connectivity index (χ0) is 11.5. The van der Waals surface area contributed by atoms with Crippen molar-refractivity contribution in [1.82, 2.24) is 4.98 Å². The van der Waals surface area contributed by atoms with Gasteiger partial charge < -0.3 is 0 Å². The van der Waals surface area contributed by atoms with Crippen molar-refractivity contribution in [1.29, 1.82) is 0 Å². The first-order valence-electron chi connectivity index (χ1n) is 5.66. The Bertz CT molecular complexity index is 471. The molecule has 82 valence electrons. The predicted molar refractivity (Wildman–Crippen MR) is 67.7 cm³/mol. The van der Waals surface area contributed by atoms with E-state index in [1.807, 2.05) is 13.1 Å². The van der Waals surface area contributed by atoms with Crippen LogP contribution in [0.1, 0.15) is 35.2 Å². The predicted octanol–water partition coefficient (Wildman–Crippen LogP) is 3.85. The van der Waals surface area contributed by atoms with Crippen LogP contribution in [0.15, 0.2) is 42.6 Å². The van der Waals surface area contributed by atoms with Crippen molar-refractivity contribution in [2.24, 2.45) is 0 Å². The molecule has 0 aliphatic heterocycles. The van der Waals surface area contributed by atoms with Crippen LogP contribution in [-0.4, -0.2) is 4.98 Å². The van der Waals surface area contributed by atoms with Crippen LogP contribution in [0.25, 0.3) is 0 Å².